The van der Waals surface area contributed by atoms with Crippen molar-refractivity contribution >= 4 is 16.8 Å². The van der Waals surface area contributed by atoms with E-state index in [1.807, 2.05) is 17.0 Å². The van der Waals surface area contributed by atoms with E-state index in [1.165, 1.54) is 23.1 Å². The van der Waals surface area contributed by atoms with Crippen molar-refractivity contribution in [2.45, 2.75) is 45.1 Å². The van der Waals surface area contributed by atoms with Gasteiger partial charge in [-0.3, -0.25) is 4.79 Å². The molecule has 0 radical (unpaired) electrons. The first-order valence-electron chi connectivity index (χ1n) is 8.73. The molecule has 1 amide bonds. The van der Waals surface area contributed by atoms with Crippen molar-refractivity contribution in [1.29, 1.82) is 0 Å². The van der Waals surface area contributed by atoms with E-state index in [0.29, 0.717) is 31.8 Å². The molecular weight excluding hydrogens is 288 g/mol. The number of likely N-dealkylation sites (tertiary alicyclic amines) is 1. The summed E-state index contributed by atoms with van der Waals surface area (Å²) in [5.41, 5.74) is 4.50. The Morgan fingerprint density at radius 2 is 2.04 bits per heavy atom. The summed E-state index contributed by atoms with van der Waals surface area (Å²) < 4.78 is 0. The molecule has 4 rings (SSSR count). The number of para-hydroxylation sites is 1. The number of hydrogen-bond donors (Lipinski definition) is 2. The lowest BCUT2D eigenvalue weighted by atomic mass is 9.87. The number of rotatable bonds is 1. The number of aliphatic hydroxyl groups excluding tert-OH is 1. The summed E-state index contributed by atoms with van der Waals surface area (Å²) in [5.74, 6) is 0.804. The zero-order valence-electron chi connectivity index (χ0n) is 13.6. The van der Waals surface area contributed by atoms with Crippen LogP contribution in [0, 0.1) is 5.92 Å². The Kier molecular flexibility index (Phi) is 3.64. The van der Waals surface area contributed by atoms with Crippen LogP contribution >= 0.6 is 0 Å². The fourth-order valence-electron chi connectivity index (χ4n) is 4.03. The highest BCUT2D eigenvalue weighted by molar-refractivity contribution is 6.06. The van der Waals surface area contributed by atoms with Gasteiger partial charge in [0.2, 0.25) is 0 Å². The summed E-state index contributed by atoms with van der Waals surface area (Å²) in [6, 6.07) is 6.07. The first-order chi connectivity index (χ1) is 11.1. The smallest absolute Gasteiger partial charge is 0.255 e. The van der Waals surface area contributed by atoms with Crippen molar-refractivity contribution in [3.8, 4) is 0 Å². The van der Waals surface area contributed by atoms with Gasteiger partial charge in [0.15, 0.2) is 0 Å². The minimum atomic E-state index is -0.255. The third-order valence-corrected chi connectivity index (χ3v) is 5.45. The quantitative estimate of drug-likeness (QED) is 0.850. The zero-order valence-corrected chi connectivity index (χ0v) is 13.6. The number of aromatic nitrogens is 1. The molecule has 23 heavy (non-hydrogen) atoms. The molecule has 1 aromatic carbocycles. The number of fused-ring (bicyclic) bond motifs is 3. The lowest BCUT2D eigenvalue weighted by molar-refractivity contribution is 0.0548. The summed E-state index contributed by atoms with van der Waals surface area (Å²) >= 11 is 0. The van der Waals surface area contributed by atoms with Crippen molar-refractivity contribution < 1.29 is 9.90 Å². The van der Waals surface area contributed by atoms with Gasteiger partial charge in [0.25, 0.3) is 5.91 Å². The van der Waals surface area contributed by atoms with Gasteiger partial charge in [-0.25, -0.2) is 0 Å². The summed E-state index contributed by atoms with van der Waals surface area (Å²) in [4.78, 5) is 18.3. The average molecular weight is 312 g/mol. The highest BCUT2D eigenvalue weighted by Crippen LogP contribution is 2.33. The van der Waals surface area contributed by atoms with Crippen LogP contribution in [0.25, 0.3) is 10.9 Å². The van der Waals surface area contributed by atoms with Crippen molar-refractivity contribution in [2.75, 3.05) is 13.1 Å². The van der Waals surface area contributed by atoms with E-state index in [9.17, 15) is 9.90 Å². The molecule has 1 aromatic heterocycles. The van der Waals surface area contributed by atoms with Crippen LogP contribution in [-0.4, -0.2) is 40.1 Å². The van der Waals surface area contributed by atoms with Gasteiger partial charge >= 0.3 is 0 Å². The molecule has 1 atom stereocenters. The fraction of sp³-hybridized carbons (Fsp3) is 0.526. The topological polar surface area (TPSA) is 56.3 Å². The molecule has 2 aromatic rings. The molecule has 1 aliphatic carbocycles. The molecule has 0 saturated carbocycles. The number of aryl methyl sites for hydroxylation is 1. The van der Waals surface area contributed by atoms with Gasteiger partial charge in [-0.05, 0) is 49.7 Å². The van der Waals surface area contributed by atoms with Gasteiger partial charge in [-0.1, -0.05) is 19.1 Å². The molecular formula is C19H24N2O2. The van der Waals surface area contributed by atoms with Crippen LogP contribution in [-0.2, 0) is 12.8 Å². The van der Waals surface area contributed by atoms with Crippen LogP contribution in [0.5, 0.6) is 0 Å². The summed E-state index contributed by atoms with van der Waals surface area (Å²) in [7, 11) is 0. The van der Waals surface area contributed by atoms with E-state index in [-0.39, 0.29) is 12.0 Å². The monoisotopic (exact) mass is 312 g/mol. The predicted molar refractivity (Wildman–Crippen MR) is 90.6 cm³/mol. The Morgan fingerprint density at radius 3 is 2.83 bits per heavy atom. The predicted octanol–water partition coefficient (Wildman–Crippen LogP) is 2.89. The minimum absolute atomic E-state index is 0.0918. The number of carbonyl (C=O) groups excluding carboxylic acids is 1. The number of nitrogens with zero attached hydrogens (tertiary/aromatic N) is 1. The highest BCUT2D eigenvalue weighted by Gasteiger charge is 2.26. The number of aromatic amines is 1. The van der Waals surface area contributed by atoms with Crippen molar-refractivity contribution in [3.05, 3.63) is 35.0 Å². The molecule has 1 fully saturated rings. The van der Waals surface area contributed by atoms with Gasteiger partial charge in [0, 0.05) is 24.2 Å². The normalized spacial score (nSPS) is 22.3. The molecule has 1 unspecified atom stereocenters. The number of H-pyrrole nitrogens is 1. The standard InChI is InChI=1S/C19H24N2O2/c1-12-5-6-17-16(11-12)14-3-2-4-15(18(14)20-17)19(23)21-9-7-13(22)8-10-21/h2-4,12-13,20,22H,5-11H2,1H3. The molecule has 122 valence electrons. The number of carbonyl (C=O) groups is 1. The van der Waals surface area contributed by atoms with E-state index in [2.05, 4.69) is 18.0 Å². The zero-order chi connectivity index (χ0) is 16.0. The van der Waals surface area contributed by atoms with Gasteiger partial charge in [-0.2, -0.15) is 0 Å². The Balaban J connectivity index is 1.72. The second-order valence-corrected chi connectivity index (χ2v) is 7.18. The van der Waals surface area contributed by atoms with Crippen molar-refractivity contribution in [3.63, 3.8) is 0 Å². The van der Waals surface area contributed by atoms with Crippen molar-refractivity contribution in [1.82, 2.24) is 9.88 Å². The number of aliphatic hydroxyl groups is 1. The highest BCUT2D eigenvalue weighted by atomic mass is 16.3. The third-order valence-electron chi connectivity index (χ3n) is 5.45. The summed E-state index contributed by atoms with van der Waals surface area (Å²) in [6.07, 6.45) is 4.50. The maximum atomic E-state index is 12.9. The molecule has 0 spiro atoms. The van der Waals surface area contributed by atoms with Crippen LogP contribution in [0.1, 0.15) is 47.8 Å². The Hall–Kier alpha value is -1.81. The number of benzene rings is 1. The van der Waals surface area contributed by atoms with Crippen LogP contribution in [0.2, 0.25) is 0 Å². The Morgan fingerprint density at radius 1 is 1.26 bits per heavy atom. The largest absolute Gasteiger partial charge is 0.393 e. The van der Waals surface area contributed by atoms with Crippen LogP contribution in [0.3, 0.4) is 0 Å². The Labute approximate surface area is 136 Å². The first kappa shape index (κ1) is 14.8. The molecule has 2 heterocycles. The van der Waals surface area contributed by atoms with E-state index < -0.39 is 0 Å². The second kappa shape index (κ2) is 5.68. The lowest BCUT2D eigenvalue weighted by Gasteiger charge is -2.29. The maximum absolute atomic E-state index is 12.9. The van der Waals surface area contributed by atoms with Crippen molar-refractivity contribution in [2.24, 2.45) is 5.92 Å². The molecule has 4 nitrogen and oxygen atoms in total. The SMILES string of the molecule is CC1CCc2[nH]c3c(C(=O)N4CCC(O)CC4)cccc3c2C1. The number of hydrogen-bond acceptors (Lipinski definition) is 2. The molecule has 0 bridgehead atoms. The summed E-state index contributed by atoms with van der Waals surface area (Å²) in [6.45, 7) is 3.59. The van der Waals surface area contributed by atoms with Crippen LogP contribution in [0.15, 0.2) is 18.2 Å². The minimum Gasteiger partial charge on any atom is -0.393 e. The van der Waals surface area contributed by atoms with E-state index in [1.54, 1.807) is 0 Å². The number of piperidine rings is 1. The molecule has 2 aliphatic rings. The van der Waals surface area contributed by atoms with Gasteiger partial charge in [-0.15, -0.1) is 0 Å². The number of nitrogens with one attached hydrogen (secondary N) is 1. The van der Waals surface area contributed by atoms with Gasteiger partial charge in [0.05, 0.1) is 17.2 Å². The Bertz CT molecular complexity index is 741. The van der Waals surface area contributed by atoms with E-state index in [0.717, 1.165) is 23.9 Å². The summed E-state index contributed by atoms with van der Waals surface area (Å²) in [5, 5.41) is 10.9. The van der Waals surface area contributed by atoms with Gasteiger partial charge < -0.3 is 15.0 Å². The lowest BCUT2D eigenvalue weighted by Crippen LogP contribution is -2.40. The van der Waals surface area contributed by atoms with Gasteiger partial charge in [0.1, 0.15) is 0 Å². The molecule has 4 heteroatoms. The third kappa shape index (κ3) is 2.55. The molecule has 1 aliphatic heterocycles. The van der Waals surface area contributed by atoms with Crippen LogP contribution < -0.4 is 0 Å². The molecule has 1 saturated heterocycles. The fourth-order valence-corrected chi connectivity index (χ4v) is 4.03. The van der Waals surface area contributed by atoms with E-state index in [4.69, 9.17) is 0 Å². The number of amides is 1. The van der Waals surface area contributed by atoms with Crippen LogP contribution in [0.4, 0.5) is 0 Å². The average Bonchev–Trinajstić information content (AvgIpc) is 2.93. The molecule has 2 N–H and O–H groups in total. The first-order valence-corrected chi connectivity index (χ1v) is 8.73. The maximum Gasteiger partial charge on any atom is 0.255 e. The van der Waals surface area contributed by atoms with E-state index >= 15 is 0 Å². The second-order valence-electron chi connectivity index (χ2n) is 7.18.